The Bertz CT molecular complexity index is 698. The van der Waals surface area contributed by atoms with Gasteiger partial charge in [-0.1, -0.05) is 0 Å². The topological polar surface area (TPSA) is 54.5 Å². The van der Waals surface area contributed by atoms with Crippen LogP contribution in [0.5, 0.6) is 5.88 Å². The largest absolute Gasteiger partial charge is 0.473 e. The summed E-state index contributed by atoms with van der Waals surface area (Å²) in [5.41, 5.74) is 2.29. The van der Waals surface area contributed by atoms with Crippen LogP contribution >= 0.6 is 11.8 Å². The number of hydrogen-bond donors (Lipinski definition) is 1. The van der Waals surface area contributed by atoms with Gasteiger partial charge in [0.1, 0.15) is 11.7 Å². The van der Waals surface area contributed by atoms with Crippen LogP contribution in [-0.4, -0.2) is 42.6 Å². The average Bonchev–Trinajstić information content (AvgIpc) is 3.09. The number of rotatable bonds is 5. The van der Waals surface area contributed by atoms with E-state index in [9.17, 15) is 4.79 Å². The van der Waals surface area contributed by atoms with E-state index in [-0.39, 0.29) is 12.0 Å². The number of nitrogens with one attached hydrogen (secondary N) is 1. The molecule has 1 saturated heterocycles. The SMILES string of the molecule is CN(C)c1ccc(NC(=O)c2cccnc2OC2CCSC2)cc1. The van der Waals surface area contributed by atoms with Crippen molar-refractivity contribution in [1.82, 2.24) is 4.98 Å². The van der Waals surface area contributed by atoms with Gasteiger partial charge in [0.05, 0.1) is 0 Å². The number of pyridine rings is 1. The predicted molar refractivity (Wildman–Crippen MR) is 99.3 cm³/mol. The van der Waals surface area contributed by atoms with Crippen LogP contribution in [0.25, 0.3) is 0 Å². The van der Waals surface area contributed by atoms with Crippen LogP contribution in [-0.2, 0) is 0 Å². The van der Waals surface area contributed by atoms with Gasteiger partial charge in [-0.25, -0.2) is 4.98 Å². The third-order valence-electron chi connectivity index (χ3n) is 3.82. The van der Waals surface area contributed by atoms with Crippen molar-refractivity contribution in [1.29, 1.82) is 0 Å². The monoisotopic (exact) mass is 343 g/mol. The second kappa shape index (κ2) is 7.57. The van der Waals surface area contributed by atoms with Gasteiger partial charge in [-0.2, -0.15) is 11.8 Å². The number of amides is 1. The molecule has 1 unspecified atom stereocenters. The Morgan fingerprint density at radius 3 is 2.75 bits per heavy atom. The number of carbonyl (C=O) groups is 1. The summed E-state index contributed by atoms with van der Waals surface area (Å²) in [6.45, 7) is 0. The molecule has 0 radical (unpaired) electrons. The normalized spacial score (nSPS) is 16.7. The van der Waals surface area contributed by atoms with Crippen molar-refractivity contribution in [3.05, 3.63) is 48.2 Å². The number of thioether (sulfide) groups is 1. The highest BCUT2D eigenvalue weighted by Gasteiger charge is 2.21. The van der Waals surface area contributed by atoms with E-state index in [4.69, 9.17) is 4.74 Å². The van der Waals surface area contributed by atoms with E-state index in [0.717, 1.165) is 29.3 Å². The molecule has 0 bridgehead atoms. The molecule has 0 spiro atoms. The third kappa shape index (κ3) is 4.00. The lowest BCUT2D eigenvalue weighted by Gasteiger charge is -2.15. The van der Waals surface area contributed by atoms with E-state index in [1.165, 1.54) is 0 Å². The van der Waals surface area contributed by atoms with Crippen molar-refractivity contribution in [3.63, 3.8) is 0 Å². The van der Waals surface area contributed by atoms with Gasteiger partial charge >= 0.3 is 0 Å². The summed E-state index contributed by atoms with van der Waals surface area (Å²) in [6.07, 6.45) is 2.78. The number of nitrogens with zero attached hydrogens (tertiary/aromatic N) is 2. The highest BCUT2D eigenvalue weighted by molar-refractivity contribution is 7.99. The van der Waals surface area contributed by atoms with Crippen molar-refractivity contribution in [2.45, 2.75) is 12.5 Å². The summed E-state index contributed by atoms with van der Waals surface area (Å²) >= 11 is 1.86. The number of ether oxygens (including phenoxy) is 1. The fraction of sp³-hybridized carbons (Fsp3) is 0.333. The lowest BCUT2D eigenvalue weighted by Crippen LogP contribution is -2.20. The minimum Gasteiger partial charge on any atom is -0.473 e. The van der Waals surface area contributed by atoms with Crippen LogP contribution in [0.15, 0.2) is 42.6 Å². The van der Waals surface area contributed by atoms with Gasteiger partial charge < -0.3 is 15.0 Å². The van der Waals surface area contributed by atoms with E-state index in [2.05, 4.69) is 10.3 Å². The first-order valence-electron chi connectivity index (χ1n) is 7.91. The van der Waals surface area contributed by atoms with Crippen molar-refractivity contribution in [2.24, 2.45) is 0 Å². The van der Waals surface area contributed by atoms with Crippen LogP contribution in [0.2, 0.25) is 0 Å². The molecule has 1 aromatic carbocycles. The Hall–Kier alpha value is -2.21. The molecule has 1 amide bonds. The molecule has 1 aromatic heterocycles. The molecule has 6 heteroatoms. The molecule has 1 atom stereocenters. The summed E-state index contributed by atoms with van der Waals surface area (Å²) in [4.78, 5) is 18.8. The van der Waals surface area contributed by atoms with E-state index in [0.29, 0.717) is 11.4 Å². The molecule has 0 saturated carbocycles. The van der Waals surface area contributed by atoms with Crippen LogP contribution in [0.1, 0.15) is 16.8 Å². The number of carbonyl (C=O) groups excluding carboxylic acids is 1. The smallest absolute Gasteiger partial charge is 0.261 e. The number of benzene rings is 1. The Balaban J connectivity index is 1.72. The zero-order valence-electron chi connectivity index (χ0n) is 13.9. The molecule has 126 valence electrons. The zero-order valence-corrected chi connectivity index (χ0v) is 14.7. The van der Waals surface area contributed by atoms with Gasteiger partial charge in [-0.15, -0.1) is 0 Å². The van der Waals surface area contributed by atoms with Crippen molar-refractivity contribution in [2.75, 3.05) is 35.8 Å². The van der Waals surface area contributed by atoms with Crippen molar-refractivity contribution in [3.8, 4) is 5.88 Å². The highest BCUT2D eigenvalue weighted by atomic mass is 32.2. The second-order valence-electron chi connectivity index (χ2n) is 5.85. The Morgan fingerprint density at radius 2 is 2.08 bits per heavy atom. The number of hydrogen-bond acceptors (Lipinski definition) is 5. The number of aromatic nitrogens is 1. The zero-order chi connectivity index (χ0) is 16.9. The lowest BCUT2D eigenvalue weighted by atomic mass is 10.2. The van der Waals surface area contributed by atoms with Crippen LogP contribution in [0, 0.1) is 0 Å². The standard InChI is InChI=1S/C18H21N3O2S/c1-21(2)14-7-5-13(6-8-14)20-17(22)16-4-3-10-19-18(16)23-15-9-11-24-12-15/h3-8,10,15H,9,11-12H2,1-2H3,(H,20,22). The minimum absolute atomic E-state index is 0.135. The fourth-order valence-corrected chi connectivity index (χ4v) is 3.56. The first kappa shape index (κ1) is 16.6. The average molecular weight is 343 g/mol. The van der Waals surface area contributed by atoms with Crippen LogP contribution < -0.4 is 15.0 Å². The quantitative estimate of drug-likeness (QED) is 0.903. The lowest BCUT2D eigenvalue weighted by molar-refractivity contribution is 0.101. The summed E-state index contributed by atoms with van der Waals surface area (Å²) in [5, 5.41) is 2.91. The summed E-state index contributed by atoms with van der Waals surface area (Å²) < 4.78 is 5.92. The van der Waals surface area contributed by atoms with E-state index < -0.39 is 0 Å². The minimum atomic E-state index is -0.207. The molecule has 0 aliphatic carbocycles. The van der Waals surface area contributed by atoms with Gasteiger partial charge in [0.15, 0.2) is 0 Å². The molecule has 1 aliphatic heterocycles. The highest BCUT2D eigenvalue weighted by Crippen LogP contribution is 2.25. The molecule has 1 aliphatic rings. The van der Waals surface area contributed by atoms with Gasteiger partial charge in [-0.3, -0.25) is 4.79 Å². The van der Waals surface area contributed by atoms with Crippen LogP contribution in [0.4, 0.5) is 11.4 Å². The molecule has 2 heterocycles. The first-order valence-corrected chi connectivity index (χ1v) is 9.07. The molecule has 1 fully saturated rings. The molecule has 2 aromatic rings. The second-order valence-corrected chi connectivity index (χ2v) is 7.00. The van der Waals surface area contributed by atoms with Gasteiger partial charge in [0, 0.05) is 37.4 Å². The maximum atomic E-state index is 12.6. The summed E-state index contributed by atoms with van der Waals surface area (Å²) in [7, 11) is 3.96. The maximum Gasteiger partial charge on any atom is 0.261 e. The fourth-order valence-electron chi connectivity index (χ4n) is 2.46. The van der Waals surface area contributed by atoms with Crippen LogP contribution in [0.3, 0.4) is 0 Å². The molecule has 3 rings (SSSR count). The summed E-state index contributed by atoms with van der Waals surface area (Å²) in [5.74, 6) is 2.25. The van der Waals surface area contributed by atoms with E-state index in [1.54, 1.807) is 18.3 Å². The Kier molecular flexibility index (Phi) is 5.25. The predicted octanol–water partition coefficient (Wildman–Crippen LogP) is 3.28. The third-order valence-corrected chi connectivity index (χ3v) is 4.96. The Labute approximate surface area is 146 Å². The Morgan fingerprint density at radius 1 is 1.29 bits per heavy atom. The van der Waals surface area contributed by atoms with Crippen molar-refractivity contribution < 1.29 is 9.53 Å². The maximum absolute atomic E-state index is 12.6. The molecular weight excluding hydrogens is 322 g/mol. The van der Waals surface area contributed by atoms with Gasteiger partial charge in [-0.05, 0) is 48.6 Å². The van der Waals surface area contributed by atoms with Gasteiger partial charge in [0.2, 0.25) is 5.88 Å². The summed E-state index contributed by atoms with van der Waals surface area (Å²) in [6, 6.07) is 11.2. The number of anilines is 2. The molecule has 1 N–H and O–H groups in total. The molecule has 5 nitrogen and oxygen atoms in total. The van der Waals surface area contributed by atoms with Gasteiger partial charge in [0.25, 0.3) is 5.91 Å². The van der Waals surface area contributed by atoms with Crippen molar-refractivity contribution >= 4 is 29.0 Å². The molecular formula is C18H21N3O2S. The van der Waals surface area contributed by atoms with E-state index in [1.807, 2.05) is 55.0 Å². The molecule has 24 heavy (non-hydrogen) atoms. The first-order chi connectivity index (χ1) is 11.6. The van der Waals surface area contributed by atoms with E-state index >= 15 is 0 Å².